The number of hydrogen-bond donors (Lipinski definition) is 1. The molecule has 0 aromatic rings. The standard InChI is InChI=1S/C33H68O10/c1-5-6-7-8-9-10-11-12-13-14-16-40-28-31(2)42-30-33(4)43-29-32(3)41-27-26-39-25-24-38-23-22-37-21-20-36-19-18-35-17-15-34/h31-34H,5-30H2,1-4H3. The number of aliphatic hydroxyl groups excluding tert-OH is 1. The van der Waals surface area contributed by atoms with Crippen LogP contribution in [0.4, 0.5) is 0 Å². The van der Waals surface area contributed by atoms with Gasteiger partial charge in [0.25, 0.3) is 0 Å². The first-order valence-corrected chi connectivity index (χ1v) is 17.0. The molecule has 0 spiro atoms. The molecule has 0 radical (unpaired) electrons. The maximum absolute atomic E-state index is 8.59. The van der Waals surface area contributed by atoms with E-state index in [1.807, 2.05) is 20.8 Å². The van der Waals surface area contributed by atoms with Crippen molar-refractivity contribution in [1.82, 2.24) is 0 Å². The predicted molar refractivity (Wildman–Crippen MR) is 170 cm³/mol. The summed E-state index contributed by atoms with van der Waals surface area (Å²) in [6.07, 6.45) is 13.4. The van der Waals surface area contributed by atoms with Crippen LogP contribution in [0.2, 0.25) is 0 Å². The molecule has 0 fully saturated rings. The van der Waals surface area contributed by atoms with Gasteiger partial charge in [0, 0.05) is 6.61 Å². The summed E-state index contributed by atoms with van der Waals surface area (Å²) in [6, 6.07) is 0. The smallest absolute Gasteiger partial charge is 0.0781 e. The van der Waals surface area contributed by atoms with Crippen molar-refractivity contribution >= 4 is 0 Å². The van der Waals surface area contributed by atoms with Gasteiger partial charge in [-0.05, 0) is 27.2 Å². The van der Waals surface area contributed by atoms with Crippen LogP contribution in [0.3, 0.4) is 0 Å². The summed E-state index contributed by atoms with van der Waals surface area (Å²) in [4.78, 5) is 0. The summed E-state index contributed by atoms with van der Waals surface area (Å²) in [6.45, 7) is 16.3. The highest BCUT2D eigenvalue weighted by molar-refractivity contribution is 4.56. The summed E-state index contributed by atoms with van der Waals surface area (Å²) >= 11 is 0. The molecule has 0 heterocycles. The molecule has 0 rings (SSSR count). The van der Waals surface area contributed by atoms with Crippen molar-refractivity contribution in [1.29, 1.82) is 0 Å². The lowest BCUT2D eigenvalue weighted by atomic mass is 10.1. The van der Waals surface area contributed by atoms with Crippen molar-refractivity contribution in [2.75, 3.05) is 106 Å². The van der Waals surface area contributed by atoms with Crippen molar-refractivity contribution in [2.45, 2.75) is 110 Å². The Balaban J connectivity index is 3.36. The molecule has 0 amide bonds. The number of hydrogen-bond acceptors (Lipinski definition) is 10. The lowest BCUT2D eigenvalue weighted by molar-refractivity contribution is -0.0854. The zero-order valence-electron chi connectivity index (χ0n) is 28.2. The largest absolute Gasteiger partial charge is 0.394 e. The molecule has 1 N–H and O–H groups in total. The summed E-state index contributed by atoms with van der Waals surface area (Å²) < 4.78 is 50.2. The zero-order valence-corrected chi connectivity index (χ0v) is 28.2. The lowest BCUT2D eigenvalue weighted by Crippen LogP contribution is -2.27. The first kappa shape index (κ1) is 42.6. The Kier molecular flexibility index (Phi) is 35.7. The van der Waals surface area contributed by atoms with Gasteiger partial charge in [-0.15, -0.1) is 0 Å². The molecule has 260 valence electrons. The van der Waals surface area contributed by atoms with E-state index < -0.39 is 0 Å². The van der Waals surface area contributed by atoms with Gasteiger partial charge in [0.2, 0.25) is 0 Å². The fourth-order valence-corrected chi connectivity index (χ4v) is 4.04. The van der Waals surface area contributed by atoms with Crippen LogP contribution >= 0.6 is 0 Å². The van der Waals surface area contributed by atoms with Gasteiger partial charge in [-0.3, -0.25) is 0 Å². The fourth-order valence-electron chi connectivity index (χ4n) is 4.04. The van der Waals surface area contributed by atoms with Gasteiger partial charge in [0.05, 0.1) is 117 Å². The Morgan fingerprint density at radius 3 is 1.21 bits per heavy atom. The van der Waals surface area contributed by atoms with Gasteiger partial charge in [0.15, 0.2) is 0 Å². The van der Waals surface area contributed by atoms with Crippen molar-refractivity contribution < 1.29 is 47.7 Å². The molecular weight excluding hydrogens is 556 g/mol. The topological polar surface area (TPSA) is 103 Å². The second-order valence-corrected chi connectivity index (χ2v) is 11.0. The minimum atomic E-state index is -0.0155. The molecule has 10 heteroatoms. The van der Waals surface area contributed by atoms with Gasteiger partial charge < -0.3 is 47.7 Å². The number of aliphatic hydroxyl groups is 1. The first-order chi connectivity index (χ1) is 21.1. The van der Waals surface area contributed by atoms with Gasteiger partial charge in [-0.1, -0.05) is 64.7 Å². The minimum Gasteiger partial charge on any atom is -0.394 e. The Labute approximate surface area is 263 Å². The third-order valence-electron chi connectivity index (χ3n) is 6.58. The number of unbranched alkanes of at least 4 members (excludes halogenated alkanes) is 9. The SMILES string of the molecule is CCCCCCCCCCCCOCC(C)OCC(C)OCC(C)OCCOCCOCCOCCOCCOCCO. The van der Waals surface area contributed by atoms with Crippen LogP contribution in [0.25, 0.3) is 0 Å². The molecule has 43 heavy (non-hydrogen) atoms. The van der Waals surface area contributed by atoms with E-state index in [0.29, 0.717) is 92.5 Å². The number of ether oxygens (including phenoxy) is 9. The van der Waals surface area contributed by atoms with E-state index in [4.69, 9.17) is 47.7 Å². The van der Waals surface area contributed by atoms with E-state index >= 15 is 0 Å². The van der Waals surface area contributed by atoms with Crippen molar-refractivity contribution in [3.63, 3.8) is 0 Å². The summed E-state index contributed by atoms with van der Waals surface area (Å²) in [5.74, 6) is 0. The van der Waals surface area contributed by atoms with Crippen LogP contribution < -0.4 is 0 Å². The lowest BCUT2D eigenvalue weighted by Gasteiger charge is -2.20. The van der Waals surface area contributed by atoms with Crippen molar-refractivity contribution in [2.24, 2.45) is 0 Å². The third-order valence-corrected chi connectivity index (χ3v) is 6.58. The third kappa shape index (κ3) is 35.9. The van der Waals surface area contributed by atoms with E-state index in [0.717, 1.165) is 13.0 Å². The Bertz CT molecular complexity index is 514. The highest BCUT2D eigenvalue weighted by Gasteiger charge is 2.10. The highest BCUT2D eigenvalue weighted by Crippen LogP contribution is 2.10. The normalized spacial score (nSPS) is 13.9. The molecule has 0 saturated heterocycles. The van der Waals surface area contributed by atoms with Gasteiger partial charge in [-0.2, -0.15) is 0 Å². The Morgan fingerprint density at radius 2 is 0.744 bits per heavy atom. The maximum atomic E-state index is 8.59. The zero-order chi connectivity index (χ0) is 31.5. The van der Waals surface area contributed by atoms with E-state index in [2.05, 4.69) is 6.92 Å². The molecule has 0 saturated carbocycles. The molecule has 0 aromatic carbocycles. The fraction of sp³-hybridized carbons (Fsp3) is 1.00. The van der Waals surface area contributed by atoms with Crippen LogP contribution in [0.15, 0.2) is 0 Å². The van der Waals surface area contributed by atoms with E-state index in [1.165, 1.54) is 57.8 Å². The molecule has 3 atom stereocenters. The van der Waals surface area contributed by atoms with Crippen LogP contribution in [0, 0.1) is 0 Å². The monoisotopic (exact) mass is 624 g/mol. The van der Waals surface area contributed by atoms with E-state index in [9.17, 15) is 0 Å². The number of rotatable bonds is 37. The van der Waals surface area contributed by atoms with E-state index in [1.54, 1.807) is 0 Å². The van der Waals surface area contributed by atoms with Gasteiger partial charge in [0.1, 0.15) is 0 Å². The van der Waals surface area contributed by atoms with Gasteiger partial charge in [-0.25, -0.2) is 0 Å². The molecule has 3 unspecified atom stereocenters. The van der Waals surface area contributed by atoms with Crippen molar-refractivity contribution in [3.05, 3.63) is 0 Å². The maximum Gasteiger partial charge on any atom is 0.0781 e. The average molecular weight is 625 g/mol. The average Bonchev–Trinajstić information content (AvgIpc) is 3.01. The molecule has 0 aliphatic heterocycles. The van der Waals surface area contributed by atoms with Crippen molar-refractivity contribution in [3.8, 4) is 0 Å². The summed E-state index contributed by atoms with van der Waals surface area (Å²) in [5.41, 5.74) is 0. The molecule has 10 nitrogen and oxygen atoms in total. The van der Waals surface area contributed by atoms with Crippen LogP contribution in [-0.2, 0) is 42.6 Å². The molecule has 0 aliphatic rings. The molecule has 0 aromatic heterocycles. The Morgan fingerprint density at radius 1 is 0.372 bits per heavy atom. The van der Waals surface area contributed by atoms with Gasteiger partial charge >= 0.3 is 0 Å². The van der Waals surface area contributed by atoms with Crippen LogP contribution in [0.5, 0.6) is 0 Å². The molecular formula is C33H68O10. The molecule has 0 bridgehead atoms. The van der Waals surface area contributed by atoms with Crippen LogP contribution in [0.1, 0.15) is 91.9 Å². The predicted octanol–water partition coefficient (Wildman–Crippen LogP) is 5.21. The quantitative estimate of drug-likeness (QED) is 0.0927. The summed E-state index contributed by atoms with van der Waals surface area (Å²) in [5, 5.41) is 8.59. The first-order valence-electron chi connectivity index (χ1n) is 17.0. The second kappa shape index (κ2) is 36.1. The molecule has 0 aliphatic carbocycles. The van der Waals surface area contributed by atoms with E-state index in [-0.39, 0.29) is 24.9 Å². The minimum absolute atomic E-state index is 0.00244. The highest BCUT2D eigenvalue weighted by atomic mass is 16.6. The summed E-state index contributed by atoms with van der Waals surface area (Å²) in [7, 11) is 0. The Hall–Kier alpha value is -0.400. The second-order valence-electron chi connectivity index (χ2n) is 11.0. The van der Waals surface area contributed by atoms with Crippen LogP contribution in [-0.4, -0.2) is 129 Å².